The second-order valence-electron chi connectivity index (χ2n) is 5.26. The second kappa shape index (κ2) is 8.81. The smallest absolute Gasteiger partial charge is 0.191 e. The summed E-state index contributed by atoms with van der Waals surface area (Å²) >= 11 is 0. The largest absolute Gasteiger partial charge is 0.493 e. The fraction of sp³-hybridized carbons (Fsp3) is 0.412. The van der Waals surface area contributed by atoms with Crippen LogP contribution in [-0.4, -0.2) is 36.5 Å². The van der Waals surface area contributed by atoms with Gasteiger partial charge in [-0.25, -0.2) is 4.99 Å². The van der Waals surface area contributed by atoms with Crippen molar-refractivity contribution in [3.05, 3.63) is 41.7 Å². The number of hydrogen-bond acceptors (Lipinski definition) is 4. The van der Waals surface area contributed by atoms with Gasteiger partial charge in [-0.2, -0.15) is 5.10 Å². The number of benzene rings is 1. The van der Waals surface area contributed by atoms with Gasteiger partial charge in [0.05, 0.1) is 27.0 Å². The molecule has 0 saturated carbocycles. The number of hydrogen-bond donors (Lipinski definition) is 2. The monoisotopic (exact) mass is 331 g/mol. The molecule has 0 spiro atoms. The van der Waals surface area contributed by atoms with Gasteiger partial charge < -0.3 is 20.1 Å². The van der Waals surface area contributed by atoms with Crippen LogP contribution in [0, 0.1) is 0 Å². The summed E-state index contributed by atoms with van der Waals surface area (Å²) in [7, 11) is 5.16. The van der Waals surface area contributed by atoms with Crippen molar-refractivity contribution in [2.75, 3.05) is 20.8 Å². The van der Waals surface area contributed by atoms with Gasteiger partial charge in [-0.3, -0.25) is 4.68 Å². The van der Waals surface area contributed by atoms with Crippen LogP contribution in [0.3, 0.4) is 0 Å². The SMILES string of the molecule is CCNC(=NCc1cnn(C)c1)NCc1ccc(OC)c(OC)c1. The molecular formula is C17H25N5O2. The van der Waals surface area contributed by atoms with Crippen LogP contribution in [0.25, 0.3) is 0 Å². The van der Waals surface area contributed by atoms with Gasteiger partial charge in [0.2, 0.25) is 0 Å². The molecule has 0 atom stereocenters. The normalized spacial score (nSPS) is 11.2. The molecule has 0 fully saturated rings. The maximum Gasteiger partial charge on any atom is 0.191 e. The lowest BCUT2D eigenvalue weighted by Gasteiger charge is -2.13. The van der Waals surface area contributed by atoms with E-state index in [1.165, 1.54) is 0 Å². The molecule has 1 aromatic carbocycles. The molecule has 7 nitrogen and oxygen atoms in total. The maximum atomic E-state index is 5.33. The molecule has 0 unspecified atom stereocenters. The molecular weight excluding hydrogens is 306 g/mol. The zero-order valence-corrected chi connectivity index (χ0v) is 14.7. The summed E-state index contributed by atoms with van der Waals surface area (Å²) in [5.41, 5.74) is 2.15. The number of aromatic nitrogens is 2. The predicted octanol–water partition coefficient (Wildman–Crippen LogP) is 1.69. The van der Waals surface area contributed by atoms with Gasteiger partial charge >= 0.3 is 0 Å². The lowest BCUT2D eigenvalue weighted by molar-refractivity contribution is 0.354. The first-order chi connectivity index (χ1) is 11.7. The Morgan fingerprint density at radius 3 is 2.58 bits per heavy atom. The predicted molar refractivity (Wildman–Crippen MR) is 94.4 cm³/mol. The highest BCUT2D eigenvalue weighted by atomic mass is 16.5. The van der Waals surface area contributed by atoms with Crippen molar-refractivity contribution < 1.29 is 9.47 Å². The molecule has 0 aliphatic heterocycles. The van der Waals surface area contributed by atoms with Crippen molar-refractivity contribution in [1.82, 2.24) is 20.4 Å². The van der Waals surface area contributed by atoms with Crippen molar-refractivity contribution in [2.24, 2.45) is 12.0 Å². The van der Waals surface area contributed by atoms with Crippen LogP contribution < -0.4 is 20.1 Å². The van der Waals surface area contributed by atoms with Crippen LogP contribution in [0.5, 0.6) is 11.5 Å². The summed E-state index contributed by atoms with van der Waals surface area (Å²) in [6, 6.07) is 5.85. The molecule has 2 rings (SSSR count). The fourth-order valence-corrected chi connectivity index (χ4v) is 2.24. The molecule has 1 heterocycles. The summed E-state index contributed by atoms with van der Waals surface area (Å²) in [6.07, 6.45) is 3.78. The van der Waals surface area contributed by atoms with E-state index in [1.807, 2.05) is 44.6 Å². The van der Waals surface area contributed by atoms with E-state index in [1.54, 1.807) is 18.9 Å². The molecule has 0 radical (unpaired) electrons. The highest BCUT2D eigenvalue weighted by Crippen LogP contribution is 2.27. The van der Waals surface area contributed by atoms with E-state index in [-0.39, 0.29) is 0 Å². The average molecular weight is 331 g/mol. The number of methoxy groups -OCH3 is 2. The Bertz CT molecular complexity index is 681. The van der Waals surface area contributed by atoms with Crippen molar-refractivity contribution in [3.8, 4) is 11.5 Å². The number of rotatable bonds is 7. The highest BCUT2D eigenvalue weighted by molar-refractivity contribution is 5.79. The quantitative estimate of drug-likeness (QED) is 0.597. The Kier molecular flexibility index (Phi) is 6.48. The first-order valence-corrected chi connectivity index (χ1v) is 7.86. The topological polar surface area (TPSA) is 72.7 Å². The lowest BCUT2D eigenvalue weighted by Crippen LogP contribution is -2.36. The van der Waals surface area contributed by atoms with Gasteiger partial charge in [0, 0.05) is 31.9 Å². The molecule has 7 heteroatoms. The van der Waals surface area contributed by atoms with E-state index in [4.69, 9.17) is 9.47 Å². The van der Waals surface area contributed by atoms with Gasteiger partial charge in [-0.05, 0) is 24.6 Å². The van der Waals surface area contributed by atoms with E-state index >= 15 is 0 Å². The number of aliphatic imine (C=N–C) groups is 1. The maximum absolute atomic E-state index is 5.33. The van der Waals surface area contributed by atoms with Crippen LogP contribution in [-0.2, 0) is 20.1 Å². The van der Waals surface area contributed by atoms with Gasteiger partial charge in [-0.1, -0.05) is 6.07 Å². The Morgan fingerprint density at radius 1 is 1.17 bits per heavy atom. The van der Waals surface area contributed by atoms with E-state index in [9.17, 15) is 0 Å². The fourth-order valence-electron chi connectivity index (χ4n) is 2.24. The first-order valence-electron chi connectivity index (χ1n) is 7.86. The molecule has 0 saturated heterocycles. The summed E-state index contributed by atoms with van der Waals surface area (Å²) in [5, 5.41) is 10.7. The minimum absolute atomic E-state index is 0.578. The summed E-state index contributed by atoms with van der Waals surface area (Å²) < 4.78 is 12.4. The molecule has 0 amide bonds. The number of aryl methyl sites for hydroxylation is 1. The Labute approximate surface area is 142 Å². The number of guanidine groups is 1. The Hall–Kier alpha value is -2.70. The van der Waals surface area contributed by atoms with Crippen LogP contribution in [0.4, 0.5) is 0 Å². The van der Waals surface area contributed by atoms with Gasteiger partial charge in [0.1, 0.15) is 0 Å². The van der Waals surface area contributed by atoms with E-state index in [2.05, 4.69) is 20.7 Å². The van der Waals surface area contributed by atoms with E-state index in [0.29, 0.717) is 18.8 Å². The molecule has 1 aromatic heterocycles. The molecule has 0 aliphatic carbocycles. The van der Waals surface area contributed by atoms with Crippen molar-refractivity contribution in [3.63, 3.8) is 0 Å². The summed E-state index contributed by atoms with van der Waals surface area (Å²) in [5.74, 6) is 2.20. The van der Waals surface area contributed by atoms with Gasteiger partial charge in [0.15, 0.2) is 17.5 Å². The Balaban J connectivity index is 2.00. The molecule has 24 heavy (non-hydrogen) atoms. The first kappa shape index (κ1) is 17.7. The number of ether oxygens (including phenoxy) is 2. The summed E-state index contributed by atoms with van der Waals surface area (Å²) in [6.45, 7) is 4.05. The Morgan fingerprint density at radius 2 is 1.96 bits per heavy atom. The molecule has 130 valence electrons. The molecule has 0 bridgehead atoms. The third kappa shape index (κ3) is 4.91. The van der Waals surface area contributed by atoms with Crippen LogP contribution >= 0.6 is 0 Å². The minimum Gasteiger partial charge on any atom is -0.493 e. The third-order valence-electron chi connectivity index (χ3n) is 3.43. The van der Waals surface area contributed by atoms with E-state index < -0.39 is 0 Å². The van der Waals surface area contributed by atoms with Crippen molar-refractivity contribution in [1.29, 1.82) is 0 Å². The van der Waals surface area contributed by atoms with Crippen molar-refractivity contribution in [2.45, 2.75) is 20.0 Å². The molecule has 2 aromatic rings. The van der Waals surface area contributed by atoms with Gasteiger partial charge in [0.25, 0.3) is 0 Å². The number of nitrogens with zero attached hydrogens (tertiary/aromatic N) is 3. The molecule has 2 N–H and O–H groups in total. The standard InChI is InChI=1S/C17H25N5O2/c1-5-18-17(20-10-14-11-21-22(2)12-14)19-9-13-6-7-15(23-3)16(8-13)24-4/h6-8,11-12H,5,9-10H2,1-4H3,(H2,18,19,20). The zero-order chi connectivity index (χ0) is 17.4. The third-order valence-corrected chi connectivity index (χ3v) is 3.43. The van der Waals surface area contributed by atoms with Crippen LogP contribution in [0.2, 0.25) is 0 Å². The average Bonchev–Trinajstić information content (AvgIpc) is 3.02. The molecule has 0 aliphatic rings. The second-order valence-corrected chi connectivity index (χ2v) is 5.26. The summed E-state index contributed by atoms with van der Waals surface area (Å²) in [4.78, 5) is 4.57. The lowest BCUT2D eigenvalue weighted by atomic mass is 10.2. The van der Waals surface area contributed by atoms with E-state index in [0.717, 1.165) is 29.4 Å². The van der Waals surface area contributed by atoms with Crippen LogP contribution in [0.15, 0.2) is 35.6 Å². The van der Waals surface area contributed by atoms with Crippen molar-refractivity contribution >= 4 is 5.96 Å². The zero-order valence-electron chi connectivity index (χ0n) is 14.7. The van der Waals surface area contributed by atoms with Gasteiger partial charge in [-0.15, -0.1) is 0 Å². The minimum atomic E-state index is 0.578. The number of nitrogens with one attached hydrogen (secondary N) is 2. The highest BCUT2D eigenvalue weighted by Gasteiger charge is 2.05. The van der Waals surface area contributed by atoms with Crippen LogP contribution in [0.1, 0.15) is 18.1 Å².